The molecule has 0 aliphatic carbocycles. The van der Waals surface area contributed by atoms with E-state index in [4.69, 9.17) is 0 Å². The van der Waals surface area contributed by atoms with Gasteiger partial charge in [0.25, 0.3) is 0 Å². The second-order valence-corrected chi connectivity index (χ2v) is 6.48. The van der Waals surface area contributed by atoms with Gasteiger partial charge in [-0.15, -0.1) is 0 Å². The summed E-state index contributed by atoms with van der Waals surface area (Å²) in [6.45, 7) is 7.38. The quantitative estimate of drug-likeness (QED) is 0.681. The third kappa shape index (κ3) is 4.25. The summed E-state index contributed by atoms with van der Waals surface area (Å²) in [6, 6.07) is 3.01. The molecule has 4 nitrogen and oxygen atoms in total. The molecular formula is C16H17F2N3OS. The van der Waals surface area contributed by atoms with Gasteiger partial charge in [-0.25, -0.2) is 18.7 Å². The van der Waals surface area contributed by atoms with E-state index in [0.29, 0.717) is 5.16 Å². The van der Waals surface area contributed by atoms with Crippen LogP contribution < -0.4 is 5.32 Å². The average molecular weight is 337 g/mol. The van der Waals surface area contributed by atoms with Gasteiger partial charge in [-0.05, 0) is 45.4 Å². The van der Waals surface area contributed by atoms with Crippen LogP contribution in [0.2, 0.25) is 0 Å². The molecule has 1 N–H and O–H groups in total. The van der Waals surface area contributed by atoms with Gasteiger partial charge in [0.15, 0.2) is 5.16 Å². The highest BCUT2D eigenvalue weighted by molar-refractivity contribution is 8.00. The van der Waals surface area contributed by atoms with Gasteiger partial charge in [-0.3, -0.25) is 4.79 Å². The van der Waals surface area contributed by atoms with Gasteiger partial charge in [0, 0.05) is 17.5 Å². The summed E-state index contributed by atoms with van der Waals surface area (Å²) in [6.07, 6.45) is 0. The van der Waals surface area contributed by atoms with Gasteiger partial charge in [0.1, 0.15) is 11.6 Å². The molecule has 1 atom stereocenters. The van der Waals surface area contributed by atoms with Crippen molar-refractivity contribution in [1.29, 1.82) is 0 Å². The number of benzene rings is 1. The molecule has 0 aliphatic heterocycles. The minimum Gasteiger partial charge on any atom is -0.323 e. The van der Waals surface area contributed by atoms with E-state index in [-0.39, 0.29) is 5.69 Å². The van der Waals surface area contributed by atoms with Crippen LogP contribution in [0.1, 0.15) is 23.9 Å². The van der Waals surface area contributed by atoms with Crippen LogP contribution in [0, 0.1) is 32.4 Å². The Morgan fingerprint density at radius 3 is 2.35 bits per heavy atom. The van der Waals surface area contributed by atoms with Crippen molar-refractivity contribution in [2.45, 2.75) is 38.1 Å². The molecule has 1 heterocycles. The van der Waals surface area contributed by atoms with Crippen molar-refractivity contribution in [2.75, 3.05) is 5.32 Å². The molecule has 2 rings (SSSR count). The predicted octanol–water partition coefficient (Wildman–Crippen LogP) is 3.80. The Bertz CT molecular complexity index is 729. The summed E-state index contributed by atoms with van der Waals surface area (Å²) in [5.41, 5.74) is 2.68. The molecule has 0 unspecified atom stereocenters. The van der Waals surface area contributed by atoms with Crippen LogP contribution in [0.3, 0.4) is 0 Å². The van der Waals surface area contributed by atoms with Crippen LogP contribution in [0.5, 0.6) is 0 Å². The highest BCUT2D eigenvalue weighted by atomic mass is 32.2. The first kappa shape index (κ1) is 17.3. The third-order valence-electron chi connectivity index (χ3n) is 3.45. The van der Waals surface area contributed by atoms with Crippen LogP contribution in [0.15, 0.2) is 23.4 Å². The summed E-state index contributed by atoms with van der Waals surface area (Å²) < 4.78 is 26.4. The summed E-state index contributed by atoms with van der Waals surface area (Å²) in [5.74, 6) is -1.91. The van der Waals surface area contributed by atoms with Crippen molar-refractivity contribution in [1.82, 2.24) is 9.97 Å². The van der Waals surface area contributed by atoms with Crippen molar-refractivity contribution >= 4 is 23.4 Å². The molecule has 0 fully saturated rings. The monoisotopic (exact) mass is 337 g/mol. The molecule has 0 bridgehead atoms. The predicted molar refractivity (Wildman–Crippen MR) is 86.5 cm³/mol. The Morgan fingerprint density at radius 1 is 1.17 bits per heavy atom. The van der Waals surface area contributed by atoms with E-state index < -0.39 is 22.8 Å². The summed E-state index contributed by atoms with van der Waals surface area (Å²) in [5, 5.41) is 2.41. The largest absolute Gasteiger partial charge is 0.323 e. The number of anilines is 1. The number of nitrogens with one attached hydrogen (secondary N) is 1. The molecule has 0 aliphatic rings. The highest BCUT2D eigenvalue weighted by Crippen LogP contribution is 2.23. The molecule has 1 aromatic carbocycles. The van der Waals surface area contributed by atoms with E-state index in [2.05, 4.69) is 15.3 Å². The van der Waals surface area contributed by atoms with E-state index in [1.807, 2.05) is 20.8 Å². The number of halogens is 2. The van der Waals surface area contributed by atoms with Gasteiger partial charge in [-0.1, -0.05) is 11.8 Å². The first-order valence-corrected chi connectivity index (χ1v) is 7.90. The van der Waals surface area contributed by atoms with Crippen LogP contribution in [-0.2, 0) is 4.79 Å². The van der Waals surface area contributed by atoms with Crippen molar-refractivity contribution < 1.29 is 13.6 Å². The van der Waals surface area contributed by atoms with E-state index in [1.54, 1.807) is 6.92 Å². The number of aryl methyl sites for hydroxylation is 2. The molecule has 1 aromatic heterocycles. The van der Waals surface area contributed by atoms with E-state index in [0.717, 1.165) is 29.1 Å². The number of aromatic nitrogens is 2. The second-order valence-electron chi connectivity index (χ2n) is 5.18. The number of thioether (sulfide) groups is 1. The van der Waals surface area contributed by atoms with Crippen molar-refractivity contribution in [3.63, 3.8) is 0 Å². The Hall–Kier alpha value is -2.02. The molecule has 0 spiro atoms. The van der Waals surface area contributed by atoms with Gasteiger partial charge in [0.05, 0.1) is 10.9 Å². The minimum atomic E-state index is -0.811. The molecule has 2 aromatic rings. The maximum absolute atomic E-state index is 13.6. The smallest absolute Gasteiger partial charge is 0.237 e. The first-order valence-electron chi connectivity index (χ1n) is 7.02. The molecule has 122 valence electrons. The van der Waals surface area contributed by atoms with Crippen LogP contribution in [-0.4, -0.2) is 21.1 Å². The lowest BCUT2D eigenvalue weighted by atomic mass is 10.2. The number of carbonyl (C=O) groups excluding carboxylic acids is 1. The molecule has 0 radical (unpaired) electrons. The molecule has 0 saturated carbocycles. The number of hydrogen-bond donors (Lipinski definition) is 1. The van der Waals surface area contributed by atoms with Gasteiger partial charge in [0.2, 0.25) is 5.91 Å². The van der Waals surface area contributed by atoms with Gasteiger partial charge >= 0.3 is 0 Å². The number of hydrogen-bond acceptors (Lipinski definition) is 4. The average Bonchev–Trinajstić information content (AvgIpc) is 2.47. The maximum Gasteiger partial charge on any atom is 0.237 e. The topological polar surface area (TPSA) is 54.9 Å². The van der Waals surface area contributed by atoms with Crippen molar-refractivity contribution in [3.05, 3.63) is 46.8 Å². The second kappa shape index (κ2) is 7.04. The summed E-state index contributed by atoms with van der Waals surface area (Å²) >= 11 is 1.19. The fraction of sp³-hybridized carbons (Fsp3) is 0.312. The Balaban J connectivity index is 2.08. The number of nitrogens with zero attached hydrogens (tertiary/aromatic N) is 2. The summed E-state index contributed by atoms with van der Waals surface area (Å²) in [4.78, 5) is 20.8. The lowest BCUT2D eigenvalue weighted by molar-refractivity contribution is -0.115. The number of carbonyl (C=O) groups is 1. The molecule has 7 heteroatoms. The normalized spacial score (nSPS) is 12.1. The molecule has 0 saturated heterocycles. The fourth-order valence-corrected chi connectivity index (χ4v) is 2.69. The number of amides is 1. The Labute approximate surface area is 137 Å². The van der Waals surface area contributed by atoms with Gasteiger partial charge < -0.3 is 5.32 Å². The first-order chi connectivity index (χ1) is 10.8. The van der Waals surface area contributed by atoms with E-state index >= 15 is 0 Å². The Kier molecular flexibility index (Phi) is 5.30. The standard InChI is InChI=1S/C16H17F2N3OS/c1-8-9(2)19-16(20-10(8)3)23-11(4)15(22)21-14-6-5-12(17)7-13(14)18/h5-7,11H,1-4H3,(H,21,22)/t11-/m0/s1. The summed E-state index contributed by atoms with van der Waals surface area (Å²) in [7, 11) is 0. The SMILES string of the molecule is Cc1nc(S[C@@H](C)C(=O)Nc2ccc(F)cc2F)nc(C)c1C. The van der Waals surface area contributed by atoms with Crippen LogP contribution in [0.4, 0.5) is 14.5 Å². The zero-order valence-electron chi connectivity index (χ0n) is 13.3. The zero-order chi connectivity index (χ0) is 17.1. The maximum atomic E-state index is 13.6. The minimum absolute atomic E-state index is 0.0546. The van der Waals surface area contributed by atoms with Gasteiger partial charge in [-0.2, -0.15) is 0 Å². The molecule has 23 heavy (non-hydrogen) atoms. The fourth-order valence-electron chi connectivity index (χ4n) is 1.83. The Morgan fingerprint density at radius 2 is 1.78 bits per heavy atom. The van der Waals surface area contributed by atoms with Crippen LogP contribution >= 0.6 is 11.8 Å². The highest BCUT2D eigenvalue weighted by Gasteiger charge is 2.18. The third-order valence-corrected chi connectivity index (χ3v) is 4.41. The van der Waals surface area contributed by atoms with Crippen LogP contribution in [0.25, 0.3) is 0 Å². The lowest BCUT2D eigenvalue weighted by Crippen LogP contribution is -2.23. The lowest BCUT2D eigenvalue weighted by Gasteiger charge is -2.13. The van der Waals surface area contributed by atoms with Crippen molar-refractivity contribution in [3.8, 4) is 0 Å². The van der Waals surface area contributed by atoms with Crippen molar-refractivity contribution in [2.24, 2.45) is 0 Å². The molecular weight excluding hydrogens is 320 g/mol. The zero-order valence-corrected chi connectivity index (χ0v) is 14.1. The van der Waals surface area contributed by atoms with E-state index in [1.165, 1.54) is 17.8 Å². The number of rotatable bonds is 4. The molecule has 1 amide bonds. The van der Waals surface area contributed by atoms with E-state index in [9.17, 15) is 13.6 Å².